The zero-order chi connectivity index (χ0) is 16.7. The third-order valence-electron chi connectivity index (χ3n) is 3.65. The number of hydrogen-bond acceptors (Lipinski definition) is 4. The number of ether oxygens (including phenoxy) is 2. The maximum absolute atomic E-state index is 13.9. The van der Waals surface area contributed by atoms with Crippen LogP contribution >= 0.6 is 0 Å². The summed E-state index contributed by atoms with van der Waals surface area (Å²) in [7, 11) is 0. The van der Waals surface area contributed by atoms with E-state index in [4.69, 9.17) is 9.47 Å². The summed E-state index contributed by atoms with van der Waals surface area (Å²) in [6.45, 7) is 0.490. The van der Waals surface area contributed by atoms with Crippen LogP contribution in [0.5, 0.6) is 5.75 Å². The van der Waals surface area contributed by atoms with E-state index in [1.807, 2.05) is 0 Å². The predicted octanol–water partition coefficient (Wildman–Crippen LogP) is 2.36. The molecule has 0 amide bonds. The normalized spacial score (nSPS) is 16.3. The molecule has 1 aromatic heterocycles. The number of hydrogen-bond donors (Lipinski definition) is 0. The molecule has 0 fully saturated rings. The van der Waals surface area contributed by atoms with Gasteiger partial charge in [0.15, 0.2) is 11.6 Å². The van der Waals surface area contributed by atoms with E-state index in [0.717, 1.165) is 6.20 Å². The highest BCUT2D eigenvalue weighted by atomic mass is 19.2. The fourth-order valence-corrected chi connectivity index (χ4v) is 2.58. The Morgan fingerprint density at radius 2 is 2.22 bits per heavy atom. The van der Waals surface area contributed by atoms with Gasteiger partial charge in [-0.05, 0) is 13.0 Å². The number of esters is 1. The standard InChI is InChI=1S/C15H12F3NO4/c1-2-22-15(21)9-5-19-7(4-16)6-23-14-11(18)10(17)3-8(12(14)19)13(9)20/h3,5,7H,2,4,6H2,1H3. The van der Waals surface area contributed by atoms with Crippen molar-refractivity contribution in [2.45, 2.75) is 13.0 Å². The molecule has 3 rings (SSSR count). The van der Waals surface area contributed by atoms with Gasteiger partial charge in [0.1, 0.15) is 18.8 Å². The van der Waals surface area contributed by atoms with Gasteiger partial charge in [0.05, 0.1) is 23.6 Å². The number of halogens is 3. The van der Waals surface area contributed by atoms with Gasteiger partial charge in [-0.2, -0.15) is 4.39 Å². The van der Waals surface area contributed by atoms with Crippen LogP contribution in [0.15, 0.2) is 17.1 Å². The van der Waals surface area contributed by atoms with E-state index in [1.165, 1.54) is 4.57 Å². The minimum absolute atomic E-state index is 0.0367. The van der Waals surface area contributed by atoms with Gasteiger partial charge in [-0.1, -0.05) is 0 Å². The smallest absolute Gasteiger partial charge is 0.343 e. The highest BCUT2D eigenvalue weighted by molar-refractivity contribution is 5.95. The van der Waals surface area contributed by atoms with Crippen molar-refractivity contribution in [3.05, 3.63) is 39.7 Å². The third kappa shape index (κ3) is 2.25. The molecule has 1 aliphatic rings. The van der Waals surface area contributed by atoms with Crippen LogP contribution in [0.2, 0.25) is 0 Å². The van der Waals surface area contributed by atoms with Crippen molar-refractivity contribution in [3.63, 3.8) is 0 Å². The molecule has 0 radical (unpaired) electrons. The average Bonchev–Trinajstić information content (AvgIpc) is 2.54. The molecule has 23 heavy (non-hydrogen) atoms. The van der Waals surface area contributed by atoms with Crippen LogP contribution in [0.25, 0.3) is 10.9 Å². The Morgan fingerprint density at radius 3 is 2.87 bits per heavy atom. The number of nitrogens with zero attached hydrogens (tertiary/aromatic N) is 1. The maximum atomic E-state index is 13.9. The summed E-state index contributed by atoms with van der Waals surface area (Å²) < 4.78 is 51.9. The van der Waals surface area contributed by atoms with Crippen LogP contribution in [0.4, 0.5) is 13.2 Å². The molecule has 122 valence electrons. The van der Waals surface area contributed by atoms with Crippen LogP contribution in [0.3, 0.4) is 0 Å². The minimum atomic E-state index is -1.28. The van der Waals surface area contributed by atoms with Crippen LogP contribution in [0, 0.1) is 11.6 Å². The van der Waals surface area contributed by atoms with Gasteiger partial charge >= 0.3 is 5.97 Å². The lowest BCUT2D eigenvalue weighted by atomic mass is 10.1. The lowest BCUT2D eigenvalue weighted by Crippen LogP contribution is -2.30. The third-order valence-corrected chi connectivity index (χ3v) is 3.65. The van der Waals surface area contributed by atoms with E-state index < -0.39 is 41.5 Å². The zero-order valence-corrected chi connectivity index (χ0v) is 12.1. The molecule has 0 saturated heterocycles. The van der Waals surface area contributed by atoms with Crippen LogP contribution in [0.1, 0.15) is 23.3 Å². The van der Waals surface area contributed by atoms with Gasteiger partial charge in [-0.3, -0.25) is 4.79 Å². The highest BCUT2D eigenvalue weighted by Gasteiger charge is 2.30. The Kier molecular flexibility index (Phi) is 3.75. The van der Waals surface area contributed by atoms with Gasteiger partial charge in [-0.15, -0.1) is 0 Å². The summed E-state index contributed by atoms with van der Waals surface area (Å²) in [4.78, 5) is 24.3. The van der Waals surface area contributed by atoms with Gasteiger partial charge < -0.3 is 14.0 Å². The Morgan fingerprint density at radius 1 is 1.48 bits per heavy atom. The molecule has 0 saturated carbocycles. The lowest BCUT2D eigenvalue weighted by Gasteiger charge is -2.27. The molecule has 2 heterocycles. The molecular weight excluding hydrogens is 315 g/mol. The molecular formula is C15H12F3NO4. The first kappa shape index (κ1) is 15.4. The molecule has 8 heteroatoms. The van der Waals surface area contributed by atoms with Crippen molar-refractivity contribution in [1.82, 2.24) is 4.57 Å². The summed E-state index contributed by atoms with van der Waals surface area (Å²) in [5.41, 5.74) is -1.26. The zero-order valence-electron chi connectivity index (χ0n) is 12.1. The molecule has 1 unspecified atom stereocenters. The second kappa shape index (κ2) is 5.60. The number of carbonyl (C=O) groups excluding carboxylic acids is 1. The molecule has 0 N–H and O–H groups in total. The predicted molar refractivity (Wildman–Crippen MR) is 74.6 cm³/mol. The number of rotatable bonds is 3. The number of aromatic nitrogens is 1. The number of pyridine rings is 1. The molecule has 5 nitrogen and oxygen atoms in total. The van der Waals surface area contributed by atoms with Gasteiger partial charge in [-0.25, -0.2) is 13.6 Å². The Hall–Kier alpha value is -2.51. The first-order valence-corrected chi connectivity index (χ1v) is 6.92. The van der Waals surface area contributed by atoms with E-state index >= 15 is 0 Å². The second-order valence-electron chi connectivity index (χ2n) is 5.02. The molecule has 0 spiro atoms. The monoisotopic (exact) mass is 327 g/mol. The summed E-state index contributed by atoms with van der Waals surface area (Å²) >= 11 is 0. The summed E-state index contributed by atoms with van der Waals surface area (Å²) in [6, 6.07) is -0.177. The molecule has 0 bridgehead atoms. The molecule has 1 aliphatic heterocycles. The quantitative estimate of drug-likeness (QED) is 0.812. The second-order valence-corrected chi connectivity index (χ2v) is 5.02. The summed E-state index contributed by atoms with van der Waals surface area (Å²) in [5.74, 6) is -3.90. The van der Waals surface area contributed by atoms with Crippen LogP contribution in [-0.4, -0.2) is 30.4 Å². The fourth-order valence-electron chi connectivity index (χ4n) is 2.58. The Balaban J connectivity index is 2.41. The van der Waals surface area contributed by atoms with Crippen molar-refractivity contribution in [2.75, 3.05) is 19.9 Å². The minimum Gasteiger partial charge on any atom is -0.486 e. The Labute approximate surface area is 128 Å². The maximum Gasteiger partial charge on any atom is 0.343 e. The van der Waals surface area contributed by atoms with Crippen molar-refractivity contribution >= 4 is 16.9 Å². The van der Waals surface area contributed by atoms with Crippen LogP contribution in [-0.2, 0) is 4.74 Å². The van der Waals surface area contributed by atoms with E-state index in [1.54, 1.807) is 6.92 Å². The van der Waals surface area contributed by atoms with E-state index in [2.05, 4.69) is 0 Å². The van der Waals surface area contributed by atoms with Crippen molar-refractivity contribution in [3.8, 4) is 5.75 Å². The van der Waals surface area contributed by atoms with Gasteiger partial charge in [0.25, 0.3) is 0 Å². The summed E-state index contributed by atoms with van der Waals surface area (Å²) in [5, 5.41) is -0.261. The fraction of sp³-hybridized carbons (Fsp3) is 0.333. The molecule has 1 atom stereocenters. The number of alkyl halides is 1. The molecule has 0 aliphatic carbocycles. The van der Waals surface area contributed by atoms with E-state index in [9.17, 15) is 22.8 Å². The SMILES string of the molecule is CCOC(=O)c1cn2c3c(c(F)c(F)cc3c1=O)OCC2CF. The first-order valence-electron chi connectivity index (χ1n) is 6.92. The topological polar surface area (TPSA) is 57.5 Å². The van der Waals surface area contributed by atoms with E-state index in [-0.39, 0.29) is 29.7 Å². The first-order chi connectivity index (χ1) is 11.0. The van der Waals surface area contributed by atoms with E-state index in [0.29, 0.717) is 6.07 Å². The highest BCUT2D eigenvalue weighted by Crippen LogP contribution is 2.35. The van der Waals surface area contributed by atoms with Crippen molar-refractivity contribution < 1.29 is 27.4 Å². The van der Waals surface area contributed by atoms with Gasteiger partial charge in [0.2, 0.25) is 11.2 Å². The number of carbonyl (C=O) groups is 1. The van der Waals surface area contributed by atoms with Crippen molar-refractivity contribution in [2.24, 2.45) is 0 Å². The lowest BCUT2D eigenvalue weighted by molar-refractivity contribution is 0.0523. The van der Waals surface area contributed by atoms with Crippen LogP contribution < -0.4 is 10.2 Å². The largest absolute Gasteiger partial charge is 0.486 e. The molecule has 1 aromatic carbocycles. The van der Waals surface area contributed by atoms with Gasteiger partial charge in [0, 0.05) is 6.20 Å². The van der Waals surface area contributed by atoms with Crippen molar-refractivity contribution in [1.29, 1.82) is 0 Å². The molecule has 2 aromatic rings. The average molecular weight is 327 g/mol. The summed E-state index contributed by atoms with van der Waals surface area (Å²) in [6.07, 6.45) is 1.11. The number of benzene rings is 1. The Bertz CT molecular complexity index is 862.